The molecule has 1 aromatic carbocycles. The molecule has 2 aromatic rings. The van der Waals surface area contributed by atoms with Gasteiger partial charge in [0.1, 0.15) is 5.76 Å². The molecule has 2 nitrogen and oxygen atoms in total. The Bertz CT molecular complexity index is 540. The molecule has 0 aliphatic rings. The number of aryl methyl sites for hydroxylation is 1. The maximum atomic E-state index is 12.1. The monoisotopic (exact) mass is 312 g/mol. The van der Waals surface area contributed by atoms with Crippen molar-refractivity contribution < 1.29 is 9.21 Å². The normalized spacial score (nSPS) is 10.5. The van der Waals surface area contributed by atoms with Gasteiger partial charge < -0.3 is 4.42 Å². The first kappa shape index (κ1) is 12.4. The van der Waals surface area contributed by atoms with E-state index in [1.165, 1.54) is 0 Å². The molecule has 0 aliphatic carbocycles. The molecule has 0 unspecified atom stereocenters. The summed E-state index contributed by atoms with van der Waals surface area (Å²) in [4.78, 5) is 12.1. The van der Waals surface area contributed by atoms with Gasteiger partial charge in [0.05, 0.1) is 0 Å². The summed E-state index contributed by atoms with van der Waals surface area (Å²) in [6.07, 6.45) is 0.770. The minimum absolute atomic E-state index is 0.159. The van der Waals surface area contributed by atoms with Crippen molar-refractivity contribution in [3.8, 4) is 0 Å². The molecule has 17 heavy (non-hydrogen) atoms. The SMILES string of the molecule is CCc1ccc(C(=O)c2cc(Cl)cc(Br)c2)o1. The van der Waals surface area contributed by atoms with Crippen LogP contribution >= 0.6 is 27.5 Å². The summed E-state index contributed by atoms with van der Waals surface area (Å²) in [7, 11) is 0. The van der Waals surface area contributed by atoms with Crippen LogP contribution in [0.5, 0.6) is 0 Å². The number of benzene rings is 1. The molecule has 0 spiro atoms. The zero-order valence-corrected chi connectivity index (χ0v) is 11.5. The maximum absolute atomic E-state index is 12.1. The number of hydrogen-bond acceptors (Lipinski definition) is 2. The minimum Gasteiger partial charge on any atom is -0.458 e. The van der Waals surface area contributed by atoms with Crippen molar-refractivity contribution in [3.05, 3.63) is 56.9 Å². The standard InChI is InChI=1S/C13H10BrClO2/c1-2-11-3-4-12(17-11)13(16)8-5-9(14)7-10(15)6-8/h3-7H,2H2,1H3. The Balaban J connectivity index is 2.36. The first-order valence-corrected chi connectivity index (χ1v) is 6.36. The van der Waals surface area contributed by atoms with Gasteiger partial charge in [-0.2, -0.15) is 0 Å². The average molecular weight is 314 g/mol. The molecule has 0 atom stereocenters. The topological polar surface area (TPSA) is 30.2 Å². The van der Waals surface area contributed by atoms with Crippen LogP contribution in [0.25, 0.3) is 0 Å². The Labute approximate surface area is 113 Å². The lowest BCUT2D eigenvalue weighted by Crippen LogP contribution is -1.99. The van der Waals surface area contributed by atoms with Crippen molar-refractivity contribution in [1.82, 2.24) is 0 Å². The predicted octanol–water partition coefficient (Wildman–Crippen LogP) is 4.49. The van der Waals surface area contributed by atoms with Crippen LogP contribution in [0.3, 0.4) is 0 Å². The number of halogens is 2. The molecule has 1 aromatic heterocycles. The van der Waals surface area contributed by atoms with Crippen molar-refractivity contribution in [1.29, 1.82) is 0 Å². The lowest BCUT2D eigenvalue weighted by atomic mass is 10.1. The summed E-state index contributed by atoms with van der Waals surface area (Å²) < 4.78 is 6.19. The zero-order valence-electron chi connectivity index (χ0n) is 9.17. The highest BCUT2D eigenvalue weighted by Gasteiger charge is 2.14. The summed E-state index contributed by atoms with van der Waals surface area (Å²) in [6.45, 7) is 1.98. The Morgan fingerprint density at radius 2 is 2.12 bits per heavy atom. The molecule has 2 rings (SSSR count). The minimum atomic E-state index is -0.159. The van der Waals surface area contributed by atoms with E-state index >= 15 is 0 Å². The van der Waals surface area contributed by atoms with Gasteiger partial charge in [-0.15, -0.1) is 0 Å². The molecule has 0 fully saturated rings. The third kappa shape index (κ3) is 2.79. The van der Waals surface area contributed by atoms with Crippen LogP contribution < -0.4 is 0 Å². The first-order valence-electron chi connectivity index (χ1n) is 5.19. The van der Waals surface area contributed by atoms with Crippen LogP contribution in [-0.4, -0.2) is 5.78 Å². The predicted molar refractivity (Wildman–Crippen MR) is 70.7 cm³/mol. The van der Waals surface area contributed by atoms with Crippen LogP contribution in [0, 0.1) is 0 Å². The number of rotatable bonds is 3. The summed E-state index contributed by atoms with van der Waals surface area (Å²) >= 11 is 9.21. The van der Waals surface area contributed by atoms with Crippen molar-refractivity contribution in [2.75, 3.05) is 0 Å². The quantitative estimate of drug-likeness (QED) is 0.782. The zero-order chi connectivity index (χ0) is 12.4. The van der Waals surface area contributed by atoms with Gasteiger partial charge in [-0.1, -0.05) is 34.5 Å². The second-order valence-electron chi connectivity index (χ2n) is 3.61. The van der Waals surface area contributed by atoms with Gasteiger partial charge >= 0.3 is 0 Å². The Morgan fingerprint density at radius 1 is 1.35 bits per heavy atom. The molecule has 0 aliphatic heterocycles. The van der Waals surface area contributed by atoms with Crippen LogP contribution in [0.1, 0.15) is 28.8 Å². The van der Waals surface area contributed by atoms with E-state index in [4.69, 9.17) is 16.0 Å². The number of carbonyl (C=O) groups is 1. The van der Waals surface area contributed by atoms with Gasteiger partial charge in [0.15, 0.2) is 5.76 Å². The summed E-state index contributed by atoms with van der Waals surface area (Å²) in [5.41, 5.74) is 0.515. The second-order valence-corrected chi connectivity index (χ2v) is 4.96. The van der Waals surface area contributed by atoms with Crippen molar-refractivity contribution in [2.24, 2.45) is 0 Å². The van der Waals surface area contributed by atoms with Crippen LogP contribution in [-0.2, 0) is 6.42 Å². The molecule has 1 heterocycles. The number of ketones is 1. The smallest absolute Gasteiger partial charge is 0.228 e. The average Bonchev–Trinajstić information content (AvgIpc) is 2.75. The van der Waals surface area contributed by atoms with Gasteiger partial charge in [0.2, 0.25) is 5.78 Å². The van der Waals surface area contributed by atoms with E-state index in [1.54, 1.807) is 24.3 Å². The van der Waals surface area contributed by atoms with Crippen LogP contribution in [0.15, 0.2) is 39.2 Å². The number of furan rings is 1. The second kappa shape index (κ2) is 5.07. The fourth-order valence-corrected chi connectivity index (χ4v) is 2.38. The maximum Gasteiger partial charge on any atom is 0.228 e. The van der Waals surface area contributed by atoms with Crippen LogP contribution in [0.4, 0.5) is 0 Å². The Morgan fingerprint density at radius 3 is 2.71 bits per heavy atom. The molecule has 0 N–H and O–H groups in total. The van der Waals surface area contributed by atoms with Gasteiger partial charge in [-0.05, 0) is 30.3 Å². The Hall–Kier alpha value is -1.06. The van der Waals surface area contributed by atoms with Gasteiger partial charge in [0.25, 0.3) is 0 Å². The summed E-state index contributed by atoms with van der Waals surface area (Å²) in [5.74, 6) is 0.985. The highest BCUT2D eigenvalue weighted by molar-refractivity contribution is 9.10. The third-order valence-corrected chi connectivity index (χ3v) is 3.03. The van der Waals surface area contributed by atoms with Gasteiger partial charge in [-0.25, -0.2) is 0 Å². The van der Waals surface area contributed by atoms with E-state index in [0.29, 0.717) is 16.3 Å². The molecule has 0 saturated carbocycles. The fourth-order valence-electron chi connectivity index (χ4n) is 1.52. The lowest BCUT2D eigenvalue weighted by molar-refractivity contribution is 0.101. The Kier molecular flexibility index (Phi) is 3.69. The molecule has 0 bridgehead atoms. The summed E-state index contributed by atoms with van der Waals surface area (Å²) in [6, 6.07) is 8.59. The molecule has 0 amide bonds. The molecule has 0 radical (unpaired) electrons. The van der Waals surface area contributed by atoms with Gasteiger partial charge in [-0.3, -0.25) is 4.79 Å². The first-order chi connectivity index (χ1) is 8.10. The molecule has 0 saturated heterocycles. The van der Waals surface area contributed by atoms with E-state index in [-0.39, 0.29) is 5.78 Å². The highest BCUT2D eigenvalue weighted by Crippen LogP contribution is 2.22. The molecular weight excluding hydrogens is 303 g/mol. The number of carbonyl (C=O) groups excluding carboxylic acids is 1. The van der Waals surface area contributed by atoms with Gasteiger partial charge in [0, 0.05) is 21.5 Å². The van der Waals surface area contributed by atoms with Crippen molar-refractivity contribution in [2.45, 2.75) is 13.3 Å². The van der Waals surface area contributed by atoms with Crippen molar-refractivity contribution >= 4 is 33.3 Å². The number of hydrogen-bond donors (Lipinski definition) is 0. The third-order valence-electron chi connectivity index (χ3n) is 2.36. The van der Waals surface area contributed by atoms with E-state index in [1.807, 2.05) is 13.0 Å². The van der Waals surface area contributed by atoms with Crippen LogP contribution in [0.2, 0.25) is 5.02 Å². The van der Waals surface area contributed by atoms with E-state index in [2.05, 4.69) is 15.9 Å². The molecular formula is C13H10BrClO2. The van der Waals surface area contributed by atoms with E-state index < -0.39 is 0 Å². The van der Waals surface area contributed by atoms with E-state index in [0.717, 1.165) is 16.7 Å². The summed E-state index contributed by atoms with van der Waals surface area (Å²) in [5, 5.41) is 0.519. The highest BCUT2D eigenvalue weighted by atomic mass is 79.9. The lowest BCUT2D eigenvalue weighted by Gasteiger charge is -2.00. The van der Waals surface area contributed by atoms with Crippen molar-refractivity contribution in [3.63, 3.8) is 0 Å². The largest absolute Gasteiger partial charge is 0.458 e. The molecule has 4 heteroatoms. The molecule has 88 valence electrons. The fraction of sp³-hybridized carbons (Fsp3) is 0.154. The van der Waals surface area contributed by atoms with E-state index in [9.17, 15) is 4.79 Å².